The van der Waals surface area contributed by atoms with Gasteiger partial charge in [-0.05, 0) is 12.1 Å². The number of thioether (sulfide) groups is 1. The van der Waals surface area contributed by atoms with Crippen molar-refractivity contribution in [1.82, 2.24) is 9.88 Å². The molecule has 0 saturated carbocycles. The number of aliphatic imine (C=N–C) groups is 1. The van der Waals surface area contributed by atoms with Crippen LogP contribution in [0, 0.1) is 10.1 Å². The average molecular weight is 355 g/mol. The van der Waals surface area contributed by atoms with Crippen molar-refractivity contribution in [2.24, 2.45) is 4.99 Å². The number of aromatic nitrogens is 1. The van der Waals surface area contributed by atoms with Gasteiger partial charge in [-0.3, -0.25) is 10.1 Å². The number of thiazole rings is 1. The van der Waals surface area contributed by atoms with Crippen molar-refractivity contribution < 1.29 is 4.92 Å². The lowest BCUT2D eigenvalue weighted by Crippen LogP contribution is -2.23. The Kier molecular flexibility index (Phi) is 4.60. The van der Waals surface area contributed by atoms with E-state index in [1.807, 2.05) is 0 Å². The van der Waals surface area contributed by atoms with Gasteiger partial charge >= 0.3 is 0 Å². The van der Waals surface area contributed by atoms with E-state index >= 15 is 0 Å². The number of hydrogen-bond acceptors (Lipinski definition) is 6. The molecule has 2 aromatic rings. The van der Waals surface area contributed by atoms with Crippen molar-refractivity contribution in [3.63, 3.8) is 0 Å². The van der Waals surface area contributed by atoms with E-state index in [0.717, 1.165) is 28.9 Å². The van der Waals surface area contributed by atoms with E-state index in [9.17, 15) is 10.1 Å². The predicted molar refractivity (Wildman–Crippen MR) is 90.2 cm³/mol. The first-order chi connectivity index (χ1) is 10.6. The van der Waals surface area contributed by atoms with Crippen molar-refractivity contribution in [3.8, 4) is 0 Å². The molecule has 0 bridgehead atoms. The summed E-state index contributed by atoms with van der Waals surface area (Å²) < 4.78 is 0.538. The molecular weight excluding hydrogens is 344 g/mol. The fourth-order valence-corrected chi connectivity index (χ4v) is 3.98. The van der Waals surface area contributed by atoms with Crippen LogP contribution in [0.25, 0.3) is 0 Å². The third kappa shape index (κ3) is 3.57. The van der Waals surface area contributed by atoms with Crippen LogP contribution < -0.4 is 0 Å². The number of non-ortho nitro benzene ring substituents is 1. The Morgan fingerprint density at radius 2 is 2.18 bits per heavy atom. The van der Waals surface area contributed by atoms with E-state index in [-0.39, 0.29) is 5.69 Å². The van der Waals surface area contributed by atoms with Crippen LogP contribution in [0.5, 0.6) is 0 Å². The molecule has 0 aliphatic carbocycles. The molecule has 3 rings (SSSR count). The summed E-state index contributed by atoms with van der Waals surface area (Å²) in [5.41, 5.74) is 0.779. The van der Waals surface area contributed by atoms with Crippen molar-refractivity contribution in [3.05, 3.63) is 49.9 Å². The van der Waals surface area contributed by atoms with E-state index in [0.29, 0.717) is 10.2 Å². The summed E-state index contributed by atoms with van der Waals surface area (Å²) in [6.07, 6.45) is 1.78. The zero-order chi connectivity index (χ0) is 15.5. The Balaban J connectivity index is 1.75. The second kappa shape index (κ2) is 6.64. The van der Waals surface area contributed by atoms with Gasteiger partial charge in [0.25, 0.3) is 5.69 Å². The van der Waals surface area contributed by atoms with Gasteiger partial charge in [0.1, 0.15) is 0 Å². The number of nitrogens with zero attached hydrogens (tertiary/aromatic N) is 4. The summed E-state index contributed by atoms with van der Waals surface area (Å²) >= 11 is 8.99. The van der Waals surface area contributed by atoms with E-state index < -0.39 is 4.92 Å². The maximum atomic E-state index is 10.7. The molecule has 2 heterocycles. The van der Waals surface area contributed by atoms with Crippen molar-refractivity contribution in [2.75, 3.05) is 12.3 Å². The predicted octanol–water partition coefficient (Wildman–Crippen LogP) is 3.94. The van der Waals surface area contributed by atoms with Crippen LogP contribution in [-0.4, -0.2) is 32.3 Å². The van der Waals surface area contributed by atoms with Gasteiger partial charge in [-0.2, -0.15) is 0 Å². The second-order valence-corrected chi connectivity index (χ2v) is 7.28. The summed E-state index contributed by atoms with van der Waals surface area (Å²) in [6.45, 7) is 1.63. The molecule has 1 aromatic carbocycles. The molecule has 1 aliphatic rings. The second-order valence-electron chi connectivity index (χ2n) is 4.52. The first-order valence-electron chi connectivity index (χ1n) is 6.43. The standard InChI is InChI=1S/C13H11ClN4O2S2/c14-12-15-7-11(22-12)8-17-5-6-21-13(17)16-9-1-3-10(4-2-9)18(19)20/h1-4,7H,5-6,8H2. The minimum absolute atomic E-state index is 0.0687. The van der Waals surface area contributed by atoms with E-state index in [2.05, 4.69) is 14.9 Å². The normalized spacial score (nSPS) is 16.4. The summed E-state index contributed by atoms with van der Waals surface area (Å²) in [6, 6.07) is 6.25. The van der Waals surface area contributed by atoms with Crippen LogP contribution in [0.15, 0.2) is 35.5 Å². The van der Waals surface area contributed by atoms with Crippen LogP contribution in [0.4, 0.5) is 11.4 Å². The number of halogens is 1. The molecule has 0 atom stereocenters. The van der Waals surface area contributed by atoms with E-state index in [1.165, 1.54) is 23.5 Å². The fraction of sp³-hybridized carbons (Fsp3) is 0.231. The third-order valence-corrected chi connectivity index (χ3v) is 5.11. The molecule has 1 aliphatic heterocycles. The van der Waals surface area contributed by atoms with Crippen molar-refractivity contribution in [1.29, 1.82) is 0 Å². The molecule has 0 N–H and O–H groups in total. The number of nitro benzene ring substituents is 1. The van der Waals surface area contributed by atoms with E-state index in [4.69, 9.17) is 11.6 Å². The molecule has 1 fully saturated rings. The van der Waals surface area contributed by atoms with Gasteiger partial charge in [0.05, 0.1) is 17.2 Å². The lowest BCUT2D eigenvalue weighted by Gasteiger charge is -2.16. The van der Waals surface area contributed by atoms with Crippen LogP contribution in [0.3, 0.4) is 0 Å². The topological polar surface area (TPSA) is 71.6 Å². The molecule has 22 heavy (non-hydrogen) atoms. The van der Waals surface area contributed by atoms with Crippen LogP contribution >= 0.6 is 34.7 Å². The van der Waals surface area contributed by atoms with Gasteiger partial charge in [-0.25, -0.2) is 9.98 Å². The Bertz CT molecular complexity index is 717. The highest BCUT2D eigenvalue weighted by molar-refractivity contribution is 8.14. The smallest absolute Gasteiger partial charge is 0.269 e. The summed E-state index contributed by atoms with van der Waals surface area (Å²) in [5.74, 6) is 0.971. The highest BCUT2D eigenvalue weighted by Crippen LogP contribution is 2.27. The molecular formula is C13H11ClN4O2S2. The lowest BCUT2D eigenvalue weighted by atomic mass is 10.3. The monoisotopic (exact) mass is 354 g/mol. The minimum Gasteiger partial charge on any atom is -0.345 e. The zero-order valence-electron chi connectivity index (χ0n) is 11.3. The number of amidine groups is 1. The Hall–Kier alpha value is -1.64. The van der Waals surface area contributed by atoms with Crippen molar-refractivity contribution >= 4 is 51.2 Å². The molecule has 0 unspecified atom stereocenters. The van der Waals surface area contributed by atoms with Crippen LogP contribution in [0.1, 0.15) is 4.88 Å². The summed E-state index contributed by atoms with van der Waals surface area (Å²) in [4.78, 5) is 22.1. The Morgan fingerprint density at radius 3 is 2.82 bits per heavy atom. The van der Waals surface area contributed by atoms with Gasteiger partial charge in [0.15, 0.2) is 9.63 Å². The maximum Gasteiger partial charge on any atom is 0.269 e. The number of hydrogen-bond donors (Lipinski definition) is 0. The summed E-state index contributed by atoms with van der Waals surface area (Å²) in [7, 11) is 0. The number of benzene rings is 1. The number of nitro groups is 1. The largest absolute Gasteiger partial charge is 0.345 e. The first kappa shape index (κ1) is 15.3. The number of rotatable bonds is 4. The highest BCUT2D eigenvalue weighted by atomic mass is 35.5. The van der Waals surface area contributed by atoms with E-state index in [1.54, 1.807) is 30.1 Å². The summed E-state index contributed by atoms with van der Waals surface area (Å²) in [5, 5.41) is 11.6. The molecule has 1 saturated heterocycles. The highest BCUT2D eigenvalue weighted by Gasteiger charge is 2.20. The molecule has 6 nitrogen and oxygen atoms in total. The molecule has 9 heteroatoms. The quantitative estimate of drug-likeness (QED) is 0.614. The van der Waals surface area contributed by atoms with Crippen LogP contribution in [0.2, 0.25) is 4.47 Å². The van der Waals surface area contributed by atoms with Crippen LogP contribution in [-0.2, 0) is 6.54 Å². The molecule has 114 valence electrons. The van der Waals surface area contributed by atoms with Crippen molar-refractivity contribution in [2.45, 2.75) is 6.54 Å². The van der Waals surface area contributed by atoms with Gasteiger partial charge in [0, 0.05) is 35.5 Å². The first-order valence-corrected chi connectivity index (χ1v) is 8.61. The maximum absolute atomic E-state index is 10.7. The lowest BCUT2D eigenvalue weighted by molar-refractivity contribution is -0.384. The molecule has 0 amide bonds. The van der Waals surface area contributed by atoms with Gasteiger partial charge in [-0.15, -0.1) is 11.3 Å². The SMILES string of the molecule is O=[N+]([O-])c1ccc(N=C2SCCN2Cc2cnc(Cl)s2)cc1. The fourth-order valence-electron chi connectivity index (χ4n) is 1.99. The molecule has 0 spiro atoms. The Morgan fingerprint density at radius 1 is 1.41 bits per heavy atom. The molecule has 0 radical (unpaired) electrons. The van der Waals surface area contributed by atoms with Gasteiger partial charge in [-0.1, -0.05) is 23.4 Å². The van der Waals surface area contributed by atoms with Gasteiger partial charge < -0.3 is 4.90 Å². The zero-order valence-corrected chi connectivity index (χ0v) is 13.7. The van der Waals surface area contributed by atoms with Gasteiger partial charge in [0.2, 0.25) is 0 Å². The molecule has 1 aromatic heterocycles. The average Bonchev–Trinajstić information content (AvgIpc) is 3.10. The minimum atomic E-state index is -0.416. The Labute approximate surface area is 140 Å². The third-order valence-electron chi connectivity index (χ3n) is 3.02.